The van der Waals surface area contributed by atoms with Crippen LogP contribution in [0.15, 0.2) is 24.3 Å². The Balaban J connectivity index is 2.34. The van der Waals surface area contributed by atoms with Gasteiger partial charge in [0.25, 0.3) is 0 Å². The van der Waals surface area contributed by atoms with Gasteiger partial charge in [-0.2, -0.15) is 5.10 Å². The van der Waals surface area contributed by atoms with Crippen LogP contribution in [0.25, 0.3) is 11.4 Å². The smallest absolute Gasteiger partial charge is 0.239 e. The minimum absolute atomic E-state index is 0.0808. The Bertz CT molecular complexity index is 553. The molecule has 2 aromatic rings. The molecule has 0 bridgehead atoms. The summed E-state index contributed by atoms with van der Waals surface area (Å²) in [6, 6.07) is 7.35. The second kappa shape index (κ2) is 5.64. The number of para-hydroxylation sites is 1. The topological polar surface area (TPSA) is 70.7 Å². The molecule has 0 aliphatic carbocycles. The molecular weight excluding hydrogens is 252 g/mol. The summed E-state index contributed by atoms with van der Waals surface area (Å²) in [5, 5.41) is 9.70. The van der Waals surface area contributed by atoms with E-state index in [0.717, 1.165) is 17.8 Å². The van der Waals surface area contributed by atoms with Gasteiger partial charge in [-0.1, -0.05) is 19.1 Å². The van der Waals surface area contributed by atoms with Crippen LogP contribution in [0.2, 0.25) is 0 Å². The molecule has 6 heteroatoms. The largest absolute Gasteiger partial charge is 0.324 e. The Morgan fingerprint density at radius 1 is 1.44 bits per heavy atom. The molecule has 1 aromatic heterocycles. The molecule has 0 aliphatic rings. The van der Waals surface area contributed by atoms with Gasteiger partial charge in [0.15, 0.2) is 5.82 Å². The van der Waals surface area contributed by atoms with Crippen molar-refractivity contribution in [3.63, 3.8) is 0 Å². The van der Waals surface area contributed by atoms with Gasteiger partial charge in [0.05, 0.1) is 5.69 Å². The first kappa shape index (κ1) is 12.6. The summed E-state index contributed by atoms with van der Waals surface area (Å²) < 4.78 is 0. The van der Waals surface area contributed by atoms with Gasteiger partial charge < -0.3 is 5.32 Å². The van der Waals surface area contributed by atoms with Crippen molar-refractivity contribution < 1.29 is 4.79 Å². The maximum Gasteiger partial charge on any atom is 0.239 e. The number of nitrogens with one attached hydrogen (secondary N) is 2. The van der Waals surface area contributed by atoms with Crippen LogP contribution in [0.1, 0.15) is 12.7 Å². The number of H-pyrrole nitrogens is 1. The summed E-state index contributed by atoms with van der Waals surface area (Å²) in [5.41, 5.74) is 1.43. The number of amides is 1. The molecule has 1 amide bonds. The number of benzene rings is 1. The molecule has 0 fully saturated rings. The number of carbonyl (C=O) groups is 1. The quantitative estimate of drug-likeness (QED) is 0.832. The first-order valence-electron chi connectivity index (χ1n) is 5.61. The lowest BCUT2D eigenvalue weighted by Gasteiger charge is -2.06. The van der Waals surface area contributed by atoms with Crippen molar-refractivity contribution in [1.29, 1.82) is 0 Å². The normalized spacial score (nSPS) is 10.3. The Labute approximate surface area is 110 Å². The number of hydrogen-bond acceptors (Lipinski definition) is 3. The van der Waals surface area contributed by atoms with Crippen LogP contribution in [0.3, 0.4) is 0 Å². The van der Waals surface area contributed by atoms with Crippen molar-refractivity contribution in [1.82, 2.24) is 15.2 Å². The second-order valence-electron chi connectivity index (χ2n) is 3.69. The molecule has 1 aromatic carbocycles. The van der Waals surface area contributed by atoms with Gasteiger partial charge in [0, 0.05) is 12.0 Å². The molecule has 0 aliphatic heterocycles. The van der Waals surface area contributed by atoms with Gasteiger partial charge in [-0.05, 0) is 12.1 Å². The number of aryl methyl sites for hydroxylation is 1. The highest BCUT2D eigenvalue weighted by Crippen LogP contribution is 2.24. The molecule has 0 unspecified atom stereocenters. The van der Waals surface area contributed by atoms with E-state index >= 15 is 0 Å². The predicted octanol–water partition coefficient (Wildman–Crippen LogP) is 2.21. The number of aromatic nitrogens is 3. The predicted molar refractivity (Wildman–Crippen MR) is 70.5 cm³/mol. The van der Waals surface area contributed by atoms with E-state index in [0.29, 0.717) is 11.5 Å². The van der Waals surface area contributed by atoms with Crippen LogP contribution >= 0.6 is 11.6 Å². The third kappa shape index (κ3) is 2.68. The van der Waals surface area contributed by atoms with Gasteiger partial charge in [0.2, 0.25) is 5.91 Å². The molecule has 1 heterocycles. The third-order valence-electron chi connectivity index (χ3n) is 2.43. The molecule has 0 saturated carbocycles. The highest BCUT2D eigenvalue weighted by atomic mass is 35.5. The SMILES string of the molecule is CCc1nc(-c2ccccc2NC(=O)CCl)n[nH]1. The lowest BCUT2D eigenvalue weighted by atomic mass is 10.1. The molecule has 5 nitrogen and oxygen atoms in total. The van der Waals surface area contributed by atoms with Crippen molar-refractivity contribution in [2.45, 2.75) is 13.3 Å². The highest BCUT2D eigenvalue weighted by molar-refractivity contribution is 6.29. The first-order chi connectivity index (χ1) is 8.74. The van der Waals surface area contributed by atoms with E-state index in [1.54, 1.807) is 6.07 Å². The van der Waals surface area contributed by atoms with Gasteiger partial charge >= 0.3 is 0 Å². The number of rotatable bonds is 4. The van der Waals surface area contributed by atoms with Gasteiger partial charge in [-0.3, -0.25) is 9.89 Å². The monoisotopic (exact) mass is 264 g/mol. The van der Waals surface area contributed by atoms with Crippen molar-refractivity contribution in [2.75, 3.05) is 11.2 Å². The number of hydrogen-bond donors (Lipinski definition) is 2. The Morgan fingerprint density at radius 2 is 2.22 bits per heavy atom. The molecular formula is C12H13ClN4O. The third-order valence-corrected chi connectivity index (χ3v) is 2.67. The summed E-state index contributed by atoms with van der Waals surface area (Å²) in [5.74, 6) is 1.04. The number of halogens is 1. The van der Waals surface area contributed by atoms with Crippen LogP contribution in [0, 0.1) is 0 Å². The Hall–Kier alpha value is -1.88. The van der Waals surface area contributed by atoms with Crippen LogP contribution in [-0.4, -0.2) is 27.0 Å². The summed E-state index contributed by atoms with van der Waals surface area (Å²) in [4.78, 5) is 15.7. The minimum atomic E-state index is -0.254. The fraction of sp³-hybridized carbons (Fsp3) is 0.250. The standard InChI is InChI=1S/C12H13ClN4O/c1-2-10-15-12(17-16-10)8-5-3-4-6-9(8)14-11(18)7-13/h3-6H,2,7H2,1H3,(H,14,18)(H,15,16,17). The highest BCUT2D eigenvalue weighted by Gasteiger charge is 2.11. The van der Waals surface area contributed by atoms with Crippen LogP contribution in [0.5, 0.6) is 0 Å². The molecule has 0 spiro atoms. The first-order valence-corrected chi connectivity index (χ1v) is 6.14. The van der Waals surface area contributed by atoms with Crippen LogP contribution < -0.4 is 5.32 Å². The van der Waals surface area contributed by atoms with Gasteiger partial charge in [-0.25, -0.2) is 4.98 Å². The second-order valence-corrected chi connectivity index (χ2v) is 3.95. The maximum atomic E-state index is 11.3. The molecule has 94 valence electrons. The Morgan fingerprint density at radius 3 is 2.89 bits per heavy atom. The van der Waals surface area contributed by atoms with Crippen molar-refractivity contribution >= 4 is 23.2 Å². The molecule has 2 N–H and O–H groups in total. The van der Waals surface area contributed by atoms with E-state index in [4.69, 9.17) is 11.6 Å². The summed E-state index contributed by atoms with van der Waals surface area (Å²) in [7, 11) is 0. The van der Waals surface area contributed by atoms with E-state index in [1.807, 2.05) is 25.1 Å². The zero-order valence-electron chi connectivity index (χ0n) is 9.90. The average molecular weight is 265 g/mol. The summed E-state index contributed by atoms with van der Waals surface area (Å²) >= 11 is 5.48. The maximum absolute atomic E-state index is 11.3. The van der Waals surface area contributed by atoms with E-state index in [1.165, 1.54) is 0 Å². The average Bonchev–Trinajstić information content (AvgIpc) is 2.88. The van der Waals surface area contributed by atoms with Crippen molar-refractivity contribution in [2.24, 2.45) is 0 Å². The number of carbonyl (C=O) groups excluding carboxylic acids is 1. The fourth-order valence-corrected chi connectivity index (χ4v) is 1.61. The lowest BCUT2D eigenvalue weighted by molar-refractivity contribution is -0.113. The number of aromatic amines is 1. The summed E-state index contributed by atoms with van der Waals surface area (Å²) in [6.07, 6.45) is 0.781. The van der Waals surface area contributed by atoms with Gasteiger partial charge in [-0.15, -0.1) is 11.6 Å². The summed E-state index contributed by atoms with van der Waals surface area (Å²) in [6.45, 7) is 1.99. The zero-order chi connectivity index (χ0) is 13.0. The zero-order valence-corrected chi connectivity index (χ0v) is 10.7. The number of alkyl halides is 1. The molecule has 2 rings (SSSR count). The van der Waals surface area contributed by atoms with Crippen LogP contribution in [-0.2, 0) is 11.2 Å². The molecule has 0 saturated heterocycles. The minimum Gasteiger partial charge on any atom is -0.324 e. The van der Waals surface area contributed by atoms with E-state index < -0.39 is 0 Å². The van der Waals surface area contributed by atoms with Crippen LogP contribution in [0.4, 0.5) is 5.69 Å². The van der Waals surface area contributed by atoms with E-state index in [9.17, 15) is 4.79 Å². The lowest BCUT2D eigenvalue weighted by Crippen LogP contribution is -2.13. The number of nitrogens with zero attached hydrogens (tertiary/aromatic N) is 2. The molecule has 0 atom stereocenters. The Kier molecular flexibility index (Phi) is 3.94. The van der Waals surface area contributed by atoms with Gasteiger partial charge in [0.1, 0.15) is 11.7 Å². The fourth-order valence-electron chi connectivity index (χ4n) is 1.54. The molecule has 18 heavy (non-hydrogen) atoms. The van der Waals surface area contributed by atoms with Crippen molar-refractivity contribution in [3.05, 3.63) is 30.1 Å². The van der Waals surface area contributed by atoms with E-state index in [-0.39, 0.29) is 11.8 Å². The molecule has 0 radical (unpaired) electrons. The van der Waals surface area contributed by atoms with E-state index in [2.05, 4.69) is 20.5 Å². The number of anilines is 1. The van der Waals surface area contributed by atoms with Crippen molar-refractivity contribution in [3.8, 4) is 11.4 Å².